The zero-order valence-electron chi connectivity index (χ0n) is 11.8. The maximum atomic E-state index is 3.82. The summed E-state index contributed by atoms with van der Waals surface area (Å²) in [6, 6.07) is 9.95. The Morgan fingerprint density at radius 1 is 1.26 bits per heavy atom. The Morgan fingerprint density at radius 2 is 2.05 bits per heavy atom. The fraction of sp³-hybridized carbons (Fsp3) is 0.625. The minimum absolute atomic E-state index is 0.543. The van der Waals surface area contributed by atoms with Gasteiger partial charge in [0.05, 0.1) is 0 Å². The Bertz CT molecular complexity index is 415. The summed E-state index contributed by atoms with van der Waals surface area (Å²) in [7, 11) is 0. The standard InChI is InChI=1S/C16H24N2S/c1-13(11-18-9-5-2-6-10-18)17-15-12-19-16-8-4-3-7-14(15)16/h3-4,7-8,13,15,17H,2,5-6,9-12H2,1H3. The Balaban J connectivity index is 1.54. The maximum absolute atomic E-state index is 3.82. The summed E-state index contributed by atoms with van der Waals surface area (Å²) >= 11 is 1.99. The average Bonchev–Trinajstić information content (AvgIpc) is 2.83. The van der Waals surface area contributed by atoms with E-state index in [2.05, 4.69) is 41.4 Å². The third-order valence-electron chi connectivity index (χ3n) is 4.17. The van der Waals surface area contributed by atoms with Gasteiger partial charge in [0.25, 0.3) is 0 Å². The van der Waals surface area contributed by atoms with Crippen molar-refractivity contribution in [3.63, 3.8) is 0 Å². The number of hydrogen-bond acceptors (Lipinski definition) is 3. The molecule has 2 unspecified atom stereocenters. The molecule has 2 nitrogen and oxygen atoms in total. The largest absolute Gasteiger partial charge is 0.305 e. The molecule has 0 spiro atoms. The Kier molecular flexibility index (Phi) is 4.46. The van der Waals surface area contributed by atoms with E-state index in [0.29, 0.717) is 12.1 Å². The van der Waals surface area contributed by atoms with E-state index in [9.17, 15) is 0 Å². The topological polar surface area (TPSA) is 15.3 Å². The molecule has 19 heavy (non-hydrogen) atoms. The Hall–Kier alpha value is -0.510. The van der Waals surface area contributed by atoms with Crippen LogP contribution in [0.5, 0.6) is 0 Å². The van der Waals surface area contributed by atoms with Gasteiger partial charge in [-0.15, -0.1) is 11.8 Å². The quantitative estimate of drug-likeness (QED) is 0.908. The molecule has 0 aromatic heterocycles. The molecule has 2 aliphatic heterocycles. The van der Waals surface area contributed by atoms with Crippen LogP contribution in [-0.4, -0.2) is 36.3 Å². The number of hydrogen-bond donors (Lipinski definition) is 1. The average molecular weight is 276 g/mol. The third kappa shape index (κ3) is 3.33. The van der Waals surface area contributed by atoms with E-state index in [0.717, 1.165) is 0 Å². The second-order valence-corrected chi connectivity index (χ2v) is 6.89. The van der Waals surface area contributed by atoms with Crippen molar-refractivity contribution in [1.29, 1.82) is 0 Å². The van der Waals surface area contributed by atoms with E-state index in [1.165, 1.54) is 55.1 Å². The lowest BCUT2D eigenvalue weighted by Crippen LogP contribution is -2.42. The third-order valence-corrected chi connectivity index (χ3v) is 5.35. The highest BCUT2D eigenvalue weighted by molar-refractivity contribution is 7.99. The predicted molar refractivity (Wildman–Crippen MR) is 82.8 cm³/mol. The van der Waals surface area contributed by atoms with Gasteiger partial charge in [-0.05, 0) is 44.5 Å². The molecule has 1 aromatic rings. The number of thioether (sulfide) groups is 1. The smallest absolute Gasteiger partial charge is 0.0429 e. The van der Waals surface area contributed by atoms with Crippen molar-refractivity contribution in [1.82, 2.24) is 10.2 Å². The number of benzene rings is 1. The molecule has 0 amide bonds. The van der Waals surface area contributed by atoms with Gasteiger partial charge in [-0.2, -0.15) is 0 Å². The molecule has 2 heterocycles. The summed E-state index contributed by atoms with van der Waals surface area (Å²) in [6.45, 7) is 6.12. The van der Waals surface area contributed by atoms with Crippen molar-refractivity contribution >= 4 is 11.8 Å². The molecule has 1 N–H and O–H groups in total. The van der Waals surface area contributed by atoms with Crippen molar-refractivity contribution in [3.05, 3.63) is 29.8 Å². The van der Waals surface area contributed by atoms with Crippen LogP contribution >= 0.6 is 11.8 Å². The second kappa shape index (κ2) is 6.29. The highest BCUT2D eigenvalue weighted by atomic mass is 32.2. The van der Waals surface area contributed by atoms with Gasteiger partial charge in [-0.1, -0.05) is 24.6 Å². The zero-order chi connectivity index (χ0) is 13.1. The molecule has 0 radical (unpaired) electrons. The number of nitrogens with zero attached hydrogens (tertiary/aromatic N) is 1. The van der Waals surface area contributed by atoms with Gasteiger partial charge in [0.2, 0.25) is 0 Å². The first-order chi connectivity index (χ1) is 9.33. The number of fused-ring (bicyclic) bond motifs is 1. The minimum atomic E-state index is 0.543. The van der Waals surface area contributed by atoms with Crippen LogP contribution in [-0.2, 0) is 0 Å². The molecule has 1 saturated heterocycles. The molecule has 1 aromatic carbocycles. The minimum Gasteiger partial charge on any atom is -0.305 e. The lowest BCUT2D eigenvalue weighted by Gasteiger charge is -2.30. The van der Waals surface area contributed by atoms with Gasteiger partial charge in [-0.3, -0.25) is 0 Å². The van der Waals surface area contributed by atoms with Gasteiger partial charge < -0.3 is 10.2 Å². The fourth-order valence-electron chi connectivity index (χ4n) is 3.23. The van der Waals surface area contributed by atoms with Gasteiger partial charge in [0.15, 0.2) is 0 Å². The molecular weight excluding hydrogens is 252 g/mol. The normalized spacial score (nSPS) is 25.2. The molecule has 2 atom stereocenters. The summed E-state index contributed by atoms with van der Waals surface area (Å²) in [6.07, 6.45) is 4.19. The van der Waals surface area contributed by atoms with Crippen molar-refractivity contribution < 1.29 is 0 Å². The number of nitrogens with one attached hydrogen (secondary N) is 1. The van der Waals surface area contributed by atoms with E-state index < -0.39 is 0 Å². The van der Waals surface area contributed by atoms with Crippen LogP contribution in [0.2, 0.25) is 0 Å². The van der Waals surface area contributed by atoms with Crippen LogP contribution in [0, 0.1) is 0 Å². The first kappa shape index (κ1) is 13.5. The van der Waals surface area contributed by atoms with Crippen LogP contribution in [0.4, 0.5) is 0 Å². The Morgan fingerprint density at radius 3 is 2.89 bits per heavy atom. The van der Waals surface area contributed by atoms with Crippen LogP contribution in [0.3, 0.4) is 0 Å². The van der Waals surface area contributed by atoms with Crippen molar-refractivity contribution in [2.45, 2.75) is 43.2 Å². The van der Waals surface area contributed by atoms with Crippen molar-refractivity contribution in [2.75, 3.05) is 25.4 Å². The summed E-state index contributed by atoms with van der Waals surface area (Å²) in [5.41, 5.74) is 1.50. The van der Waals surface area contributed by atoms with Crippen molar-refractivity contribution in [3.8, 4) is 0 Å². The van der Waals surface area contributed by atoms with E-state index in [1.807, 2.05) is 11.8 Å². The highest BCUT2D eigenvalue weighted by Crippen LogP contribution is 2.37. The summed E-state index contributed by atoms with van der Waals surface area (Å²) in [5.74, 6) is 1.18. The van der Waals surface area contributed by atoms with Crippen LogP contribution < -0.4 is 5.32 Å². The molecule has 0 aliphatic carbocycles. The second-order valence-electron chi connectivity index (χ2n) is 5.83. The van der Waals surface area contributed by atoms with Crippen LogP contribution in [0.15, 0.2) is 29.2 Å². The fourth-order valence-corrected chi connectivity index (χ4v) is 4.40. The summed E-state index contributed by atoms with van der Waals surface area (Å²) < 4.78 is 0. The maximum Gasteiger partial charge on any atom is 0.0429 e. The number of piperidine rings is 1. The van der Waals surface area contributed by atoms with E-state index in [4.69, 9.17) is 0 Å². The lowest BCUT2D eigenvalue weighted by atomic mass is 10.1. The van der Waals surface area contributed by atoms with Crippen LogP contribution in [0.25, 0.3) is 0 Å². The monoisotopic (exact) mass is 276 g/mol. The van der Waals surface area contributed by atoms with Gasteiger partial charge in [0.1, 0.15) is 0 Å². The molecule has 3 rings (SSSR count). The number of likely N-dealkylation sites (tertiary alicyclic amines) is 1. The van der Waals surface area contributed by atoms with Crippen LogP contribution in [0.1, 0.15) is 37.8 Å². The van der Waals surface area contributed by atoms with Gasteiger partial charge in [0, 0.05) is 29.3 Å². The molecule has 0 bridgehead atoms. The van der Waals surface area contributed by atoms with Gasteiger partial charge in [-0.25, -0.2) is 0 Å². The molecule has 104 valence electrons. The number of rotatable bonds is 4. The lowest BCUT2D eigenvalue weighted by molar-refractivity contribution is 0.205. The van der Waals surface area contributed by atoms with E-state index in [1.54, 1.807) is 0 Å². The molecule has 3 heteroatoms. The summed E-state index contributed by atoms with van der Waals surface area (Å²) in [5, 5.41) is 3.82. The Labute approximate surface area is 121 Å². The predicted octanol–water partition coefficient (Wildman–Crippen LogP) is 3.30. The zero-order valence-corrected chi connectivity index (χ0v) is 12.6. The molecule has 2 aliphatic rings. The van der Waals surface area contributed by atoms with E-state index in [-0.39, 0.29) is 0 Å². The van der Waals surface area contributed by atoms with Gasteiger partial charge >= 0.3 is 0 Å². The molecule has 0 saturated carbocycles. The SMILES string of the molecule is CC(CN1CCCCC1)NC1CSc2ccccc21. The molecule has 1 fully saturated rings. The first-order valence-corrected chi connectivity index (χ1v) is 8.51. The molecular formula is C16H24N2S. The highest BCUT2D eigenvalue weighted by Gasteiger charge is 2.24. The van der Waals surface area contributed by atoms with E-state index >= 15 is 0 Å². The summed E-state index contributed by atoms with van der Waals surface area (Å²) in [4.78, 5) is 4.08. The van der Waals surface area contributed by atoms with Crippen molar-refractivity contribution in [2.24, 2.45) is 0 Å². The first-order valence-electron chi connectivity index (χ1n) is 7.53.